The Morgan fingerprint density at radius 2 is 0.639 bits per heavy atom. The minimum atomic E-state index is -0.866. The first-order valence-electron chi connectivity index (χ1n) is 27.7. The molecule has 0 saturated heterocycles. The van der Waals surface area contributed by atoms with E-state index >= 15 is 0 Å². The maximum absolute atomic E-state index is 12.4. The van der Waals surface area contributed by atoms with Crippen LogP contribution in [0.1, 0.15) is 303 Å². The Morgan fingerprint density at radius 1 is 0.377 bits per heavy atom. The first-order valence-corrected chi connectivity index (χ1v) is 27.7. The fraction of sp³-hybridized carbons (Fsp3) is 0.877. The molecule has 0 radical (unpaired) electrons. The number of amides is 1. The van der Waals surface area contributed by atoms with Gasteiger partial charge in [0.1, 0.15) is 0 Å². The Balaban J connectivity index is 3.35. The Kier molecular flexibility index (Phi) is 51.7. The molecule has 0 rings (SSSR count). The quantitative estimate of drug-likeness (QED) is 0.0422. The number of aliphatic hydroxyl groups is 2. The minimum absolute atomic E-state index is 0.0751. The van der Waals surface area contributed by atoms with Crippen molar-refractivity contribution in [1.82, 2.24) is 5.32 Å². The van der Waals surface area contributed by atoms with Crippen LogP contribution in [0.4, 0.5) is 0 Å². The number of unbranched alkanes of at least 4 members (excludes halogenated alkanes) is 40. The van der Waals surface area contributed by atoms with Gasteiger partial charge in [0.15, 0.2) is 0 Å². The van der Waals surface area contributed by atoms with Crippen LogP contribution in [0.15, 0.2) is 36.5 Å². The number of allylic oxidation sites excluding steroid dienone is 5. The lowest BCUT2D eigenvalue weighted by atomic mass is 10.0. The zero-order valence-corrected chi connectivity index (χ0v) is 41.4. The zero-order chi connectivity index (χ0) is 44.2. The lowest BCUT2D eigenvalue weighted by Crippen LogP contribution is -2.45. The third-order valence-electron chi connectivity index (χ3n) is 12.8. The van der Waals surface area contributed by atoms with Gasteiger partial charge in [-0.2, -0.15) is 0 Å². The molecule has 0 aliphatic rings. The Labute approximate surface area is 382 Å². The molecule has 4 heteroatoms. The van der Waals surface area contributed by atoms with Crippen molar-refractivity contribution in [2.75, 3.05) is 6.61 Å². The molecule has 4 nitrogen and oxygen atoms in total. The first-order chi connectivity index (χ1) is 30.2. The van der Waals surface area contributed by atoms with Gasteiger partial charge >= 0.3 is 0 Å². The van der Waals surface area contributed by atoms with Gasteiger partial charge < -0.3 is 15.5 Å². The molecule has 0 bridgehead atoms. The van der Waals surface area contributed by atoms with E-state index in [1.807, 2.05) is 6.08 Å². The topological polar surface area (TPSA) is 69.6 Å². The van der Waals surface area contributed by atoms with Crippen LogP contribution in [0.3, 0.4) is 0 Å². The molecule has 0 heterocycles. The van der Waals surface area contributed by atoms with Gasteiger partial charge in [0, 0.05) is 6.42 Å². The van der Waals surface area contributed by atoms with E-state index in [1.54, 1.807) is 6.08 Å². The predicted octanol–water partition coefficient (Wildman–Crippen LogP) is 18.1. The second-order valence-corrected chi connectivity index (χ2v) is 19.0. The van der Waals surface area contributed by atoms with E-state index in [0.29, 0.717) is 6.42 Å². The van der Waals surface area contributed by atoms with Crippen LogP contribution in [0.5, 0.6) is 0 Å². The van der Waals surface area contributed by atoms with E-state index in [2.05, 4.69) is 43.5 Å². The second kappa shape index (κ2) is 53.0. The van der Waals surface area contributed by atoms with Crippen LogP contribution >= 0.6 is 0 Å². The van der Waals surface area contributed by atoms with Crippen molar-refractivity contribution in [3.05, 3.63) is 36.5 Å². The third-order valence-corrected chi connectivity index (χ3v) is 12.8. The summed E-state index contributed by atoms with van der Waals surface area (Å²) in [7, 11) is 0. The molecule has 2 atom stereocenters. The van der Waals surface area contributed by atoms with Gasteiger partial charge in [0.05, 0.1) is 18.8 Å². The first kappa shape index (κ1) is 59.6. The monoisotopic (exact) mass is 856 g/mol. The molecule has 0 aliphatic heterocycles. The fourth-order valence-corrected chi connectivity index (χ4v) is 8.63. The molecular formula is C57H109NO3. The average Bonchev–Trinajstić information content (AvgIpc) is 3.26. The van der Waals surface area contributed by atoms with Gasteiger partial charge in [-0.05, 0) is 38.5 Å². The van der Waals surface area contributed by atoms with E-state index in [0.717, 1.165) is 44.9 Å². The van der Waals surface area contributed by atoms with Crippen LogP contribution < -0.4 is 5.32 Å². The van der Waals surface area contributed by atoms with Crippen molar-refractivity contribution < 1.29 is 15.0 Å². The second-order valence-electron chi connectivity index (χ2n) is 19.0. The molecule has 1 amide bonds. The van der Waals surface area contributed by atoms with Crippen molar-refractivity contribution in [1.29, 1.82) is 0 Å². The van der Waals surface area contributed by atoms with Crippen LogP contribution in [-0.2, 0) is 4.79 Å². The number of nitrogens with one attached hydrogen (secondary N) is 1. The predicted molar refractivity (Wildman–Crippen MR) is 272 cm³/mol. The summed E-state index contributed by atoms with van der Waals surface area (Å²) in [6.07, 6.45) is 72.0. The van der Waals surface area contributed by atoms with Gasteiger partial charge in [0.25, 0.3) is 0 Å². The number of hydrogen-bond donors (Lipinski definition) is 3. The summed E-state index contributed by atoms with van der Waals surface area (Å²) < 4.78 is 0. The molecule has 0 aromatic carbocycles. The molecule has 0 saturated carbocycles. The molecule has 360 valence electrons. The number of carbonyl (C=O) groups is 1. The van der Waals surface area contributed by atoms with Crippen LogP contribution in [0.25, 0.3) is 0 Å². The number of hydrogen-bond acceptors (Lipinski definition) is 3. The van der Waals surface area contributed by atoms with Crippen molar-refractivity contribution in [2.24, 2.45) is 0 Å². The molecular weight excluding hydrogens is 747 g/mol. The minimum Gasteiger partial charge on any atom is -0.394 e. The molecule has 0 aliphatic carbocycles. The highest BCUT2D eigenvalue weighted by Gasteiger charge is 2.18. The third kappa shape index (κ3) is 49.5. The van der Waals surface area contributed by atoms with Crippen LogP contribution in [-0.4, -0.2) is 34.9 Å². The normalized spacial score (nSPS) is 13.0. The largest absolute Gasteiger partial charge is 0.394 e. The van der Waals surface area contributed by atoms with Gasteiger partial charge in [-0.3, -0.25) is 4.79 Å². The Hall–Kier alpha value is -1.39. The molecule has 2 unspecified atom stereocenters. The van der Waals surface area contributed by atoms with Crippen molar-refractivity contribution in [2.45, 2.75) is 315 Å². The molecule has 0 aromatic heterocycles. The van der Waals surface area contributed by atoms with E-state index in [1.165, 1.54) is 238 Å². The van der Waals surface area contributed by atoms with E-state index in [-0.39, 0.29) is 12.5 Å². The Morgan fingerprint density at radius 3 is 0.918 bits per heavy atom. The summed E-state index contributed by atoms with van der Waals surface area (Å²) in [4.78, 5) is 12.4. The van der Waals surface area contributed by atoms with Gasteiger partial charge in [-0.15, -0.1) is 0 Å². The van der Waals surface area contributed by atoms with Crippen LogP contribution in [0, 0.1) is 0 Å². The lowest BCUT2D eigenvalue weighted by molar-refractivity contribution is -0.123. The average molecular weight is 857 g/mol. The molecule has 0 fully saturated rings. The van der Waals surface area contributed by atoms with Gasteiger partial charge in [-0.1, -0.05) is 294 Å². The molecule has 0 aromatic rings. The summed E-state index contributed by atoms with van der Waals surface area (Å²) >= 11 is 0. The van der Waals surface area contributed by atoms with Crippen molar-refractivity contribution >= 4 is 5.91 Å². The number of rotatable bonds is 51. The summed E-state index contributed by atoms with van der Waals surface area (Å²) in [5.41, 5.74) is 0. The summed E-state index contributed by atoms with van der Waals surface area (Å²) in [6.45, 7) is 4.24. The van der Waals surface area contributed by atoms with E-state index in [9.17, 15) is 15.0 Å². The highest BCUT2D eigenvalue weighted by Crippen LogP contribution is 2.18. The van der Waals surface area contributed by atoms with Crippen molar-refractivity contribution in [3.8, 4) is 0 Å². The van der Waals surface area contributed by atoms with E-state index in [4.69, 9.17) is 0 Å². The molecule has 3 N–H and O–H groups in total. The molecule has 61 heavy (non-hydrogen) atoms. The SMILES string of the molecule is CCC/C=C/CC/C=C/CC/C=C/C(O)C(CO)NC(=O)CCCCCCCCCCCCCCCCCCCCCCCCCCCCCCCCCCCCCCCC. The number of aliphatic hydroxyl groups excluding tert-OH is 2. The summed E-state index contributed by atoms with van der Waals surface area (Å²) in [5.74, 6) is -0.0751. The lowest BCUT2D eigenvalue weighted by Gasteiger charge is -2.19. The highest BCUT2D eigenvalue weighted by atomic mass is 16.3. The van der Waals surface area contributed by atoms with Crippen LogP contribution in [0.2, 0.25) is 0 Å². The van der Waals surface area contributed by atoms with Gasteiger partial charge in [0.2, 0.25) is 5.91 Å². The number of carbonyl (C=O) groups excluding carboxylic acids is 1. The maximum Gasteiger partial charge on any atom is 0.220 e. The Bertz CT molecular complexity index is 928. The smallest absolute Gasteiger partial charge is 0.220 e. The fourth-order valence-electron chi connectivity index (χ4n) is 8.63. The summed E-state index contributed by atoms with van der Waals surface area (Å²) in [6, 6.07) is -0.642. The molecule has 0 spiro atoms. The van der Waals surface area contributed by atoms with Crippen molar-refractivity contribution in [3.63, 3.8) is 0 Å². The highest BCUT2D eigenvalue weighted by molar-refractivity contribution is 5.76. The summed E-state index contributed by atoms with van der Waals surface area (Å²) in [5, 5.41) is 22.9. The van der Waals surface area contributed by atoms with Gasteiger partial charge in [-0.25, -0.2) is 0 Å². The standard InChI is InChI=1S/C57H109NO3/c1-3-5-7-9-11-13-15-16-17-18-19-20-21-22-23-24-25-26-27-28-29-30-31-32-33-34-35-36-37-38-39-40-41-43-45-47-49-51-53-57(61)58-55(54-59)56(60)52-50-48-46-44-42-14-12-10-8-6-4-2/h8,10,42,44,50,52,55-56,59-60H,3-7,9,11-41,43,45-49,51,53-54H2,1-2H3,(H,58,61)/b10-8+,44-42+,52-50+. The van der Waals surface area contributed by atoms with E-state index < -0.39 is 12.1 Å². The maximum atomic E-state index is 12.4. The zero-order valence-electron chi connectivity index (χ0n) is 41.4.